The average molecular weight is 249 g/mol. The Hall–Kier alpha value is -1.23. The van der Waals surface area contributed by atoms with Crippen LogP contribution in [-0.4, -0.2) is 32.7 Å². The first-order valence-electron chi connectivity index (χ1n) is 5.86. The van der Waals surface area contributed by atoms with E-state index in [4.69, 9.17) is 4.74 Å². The van der Waals surface area contributed by atoms with Crippen molar-refractivity contribution in [2.45, 2.75) is 24.5 Å². The molecule has 17 heavy (non-hydrogen) atoms. The maximum absolute atomic E-state index is 5.18. The first-order valence-corrected chi connectivity index (χ1v) is 6.91. The van der Waals surface area contributed by atoms with E-state index >= 15 is 0 Å². The third-order valence-corrected chi connectivity index (χ3v) is 4.52. The molecule has 0 aromatic carbocycles. The summed E-state index contributed by atoms with van der Waals surface area (Å²) in [5.41, 5.74) is 0.863. The third-order valence-electron chi connectivity index (χ3n) is 3.12. The molecule has 3 rings (SSSR count). The number of ether oxygens (including phenoxy) is 1. The molecule has 1 aliphatic heterocycles. The number of rotatable bonds is 3. The molecular formula is C12H15N3OS. The molecule has 4 nitrogen and oxygen atoms in total. The molecule has 90 valence electrons. The van der Waals surface area contributed by atoms with Gasteiger partial charge >= 0.3 is 0 Å². The zero-order valence-corrected chi connectivity index (χ0v) is 10.6. The minimum atomic E-state index is 0.713. The van der Waals surface area contributed by atoms with Gasteiger partial charge in [0.05, 0.1) is 7.11 Å². The summed E-state index contributed by atoms with van der Waals surface area (Å²) in [6, 6.07) is 3.86. The molecule has 2 aromatic rings. The topological polar surface area (TPSA) is 39.4 Å². The van der Waals surface area contributed by atoms with Crippen LogP contribution in [0.4, 0.5) is 0 Å². The second kappa shape index (κ2) is 4.56. The minimum Gasteiger partial charge on any atom is -0.497 e. The van der Waals surface area contributed by atoms with Gasteiger partial charge in [0, 0.05) is 23.9 Å². The molecule has 0 N–H and O–H groups in total. The molecule has 0 amide bonds. The average Bonchev–Trinajstić information content (AvgIpc) is 2.99. The lowest BCUT2D eigenvalue weighted by Gasteiger charge is -2.06. The van der Waals surface area contributed by atoms with Crippen LogP contribution < -0.4 is 4.74 Å². The maximum atomic E-state index is 5.18. The second-order valence-electron chi connectivity index (χ2n) is 4.25. The van der Waals surface area contributed by atoms with Crippen LogP contribution in [0.2, 0.25) is 0 Å². The highest BCUT2D eigenvalue weighted by atomic mass is 32.2. The van der Waals surface area contributed by atoms with Crippen LogP contribution >= 0.6 is 11.8 Å². The first-order chi connectivity index (χ1) is 8.36. The highest BCUT2D eigenvalue weighted by Crippen LogP contribution is 2.28. The van der Waals surface area contributed by atoms with Gasteiger partial charge in [-0.3, -0.25) is 4.40 Å². The quantitative estimate of drug-likeness (QED) is 0.836. The predicted molar refractivity (Wildman–Crippen MR) is 68.7 cm³/mol. The van der Waals surface area contributed by atoms with Crippen LogP contribution in [-0.2, 0) is 6.42 Å². The van der Waals surface area contributed by atoms with Crippen molar-refractivity contribution < 1.29 is 4.74 Å². The molecule has 1 aliphatic rings. The summed E-state index contributed by atoms with van der Waals surface area (Å²) in [5.74, 6) is 3.17. The Bertz CT molecular complexity index is 519. The summed E-state index contributed by atoms with van der Waals surface area (Å²) in [7, 11) is 1.66. The Balaban J connectivity index is 1.89. The van der Waals surface area contributed by atoms with Gasteiger partial charge in [0.2, 0.25) is 0 Å². The predicted octanol–water partition coefficient (Wildman–Crippen LogP) is 2.18. The van der Waals surface area contributed by atoms with E-state index in [1.807, 2.05) is 18.3 Å². The van der Waals surface area contributed by atoms with Gasteiger partial charge in [-0.15, -0.1) is 10.2 Å². The molecule has 1 saturated heterocycles. The summed E-state index contributed by atoms with van der Waals surface area (Å²) >= 11 is 2.05. The van der Waals surface area contributed by atoms with Gasteiger partial charge in [-0.1, -0.05) is 0 Å². The number of hydrogen-bond acceptors (Lipinski definition) is 4. The van der Waals surface area contributed by atoms with Gasteiger partial charge in [-0.05, 0) is 24.7 Å². The fourth-order valence-electron chi connectivity index (χ4n) is 2.20. The van der Waals surface area contributed by atoms with E-state index in [2.05, 4.69) is 26.4 Å². The van der Waals surface area contributed by atoms with E-state index in [9.17, 15) is 0 Å². The summed E-state index contributed by atoms with van der Waals surface area (Å²) in [5, 5.41) is 9.18. The lowest BCUT2D eigenvalue weighted by molar-refractivity contribution is 0.414. The van der Waals surface area contributed by atoms with Crippen LogP contribution in [0.3, 0.4) is 0 Å². The molecule has 0 spiro atoms. The highest BCUT2D eigenvalue weighted by molar-refractivity contribution is 8.00. The fourth-order valence-corrected chi connectivity index (χ4v) is 3.46. The third kappa shape index (κ3) is 2.11. The van der Waals surface area contributed by atoms with Crippen molar-refractivity contribution in [2.24, 2.45) is 0 Å². The Kier molecular flexibility index (Phi) is 2.93. The normalized spacial score (nSPS) is 19.9. The molecule has 0 radical (unpaired) electrons. The van der Waals surface area contributed by atoms with Crippen molar-refractivity contribution in [2.75, 3.05) is 12.9 Å². The molecule has 1 fully saturated rings. The Labute approximate surface area is 104 Å². The summed E-state index contributed by atoms with van der Waals surface area (Å²) in [6.07, 6.45) is 5.64. The van der Waals surface area contributed by atoms with E-state index in [-0.39, 0.29) is 0 Å². The Morgan fingerprint density at radius 1 is 1.53 bits per heavy atom. The Morgan fingerprint density at radius 3 is 3.24 bits per heavy atom. The smallest absolute Gasteiger partial charge is 0.164 e. The number of hydrogen-bond donors (Lipinski definition) is 0. The SMILES string of the molecule is COc1ccn2c(CC3CCCS3)nnc2c1. The van der Waals surface area contributed by atoms with Crippen molar-refractivity contribution in [1.29, 1.82) is 0 Å². The zero-order valence-electron chi connectivity index (χ0n) is 9.80. The molecule has 3 heterocycles. The van der Waals surface area contributed by atoms with Crippen molar-refractivity contribution in [1.82, 2.24) is 14.6 Å². The molecule has 5 heteroatoms. The van der Waals surface area contributed by atoms with Crippen LogP contribution in [0.15, 0.2) is 18.3 Å². The fraction of sp³-hybridized carbons (Fsp3) is 0.500. The largest absolute Gasteiger partial charge is 0.497 e. The number of pyridine rings is 1. The summed E-state index contributed by atoms with van der Waals surface area (Å²) in [4.78, 5) is 0. The van der Waals surface area contributed by atoms with Gasteiger partial charge < -0.3 is 4.74 Å². The van der Waals surface area contributed by atoms with Crippen molar-refractivity contribution in [3.05, 3.63) is 24.2 Å². The lowest BCUT2D eigenvalue weighted by Crippen LogP contribution is -2.05. The van der Waals surface area contributed by atoms with Crippen molar-refractivity contribution in [3.8, 4) is 5.75 Å². The molecule has 1 atom stereocenters. The Morgan fingerprint density at radius 2 is 2.47 bits per heavy atom. The van der Waals surface area contributed by atoms with Crippen LogP contribution in [0.1, 0.15) is 18.7 Å². The van der Waals surface area contributed by atoms with E-state index in [1.165, 1.54) is 18.6 Å². The number of fused-ring (bicyclic) bond motifs is 1. The van der Waals surface area contributed by atoms with E-state index in [0.29, 0.717) is 5.25 Å². The van der Waals surface area contributed by atoms with Crippen molar-refractivity contribution in [3.63, 3.8) is 0 Å². The van der Waals surface area contributed by atoms with Gasteiger partial charge in [0.15, 0.2) is 5.65 Å². The number of thioether (sulfide) groups is 1. The summed E-state index contributed by atoms with van der Waals surface area (Å²) < 4.78 is 7.24. The first kappa shape index (κ1) is 10.9. The zero-order chi connectivity index (χ0) is 11.7. The van der Waals surface area contributed by atoms with Gasteiger partial charge in [0.1, 0.15) is 11.6 Å². The number of methoxy groups -OCH3 is 1. The maximum Gasteiger partial charge on any atom is 0.164 e. The number of aromatic nitrogens is 3. The molecule has 0 bridgehead atoms. The summed E-state index contributed by atoms with van der Waals surface area (Å²) in [6.45, 7) is 0. The van der Waals surface area contributed by atoms with Gasteiger partial charge in [0.25, 0.3) is 0 Å². The second-order valence-corrected chi connectivity index (χ2v) is 5.66. The standard InChI is InChI=1S/C12H15N3OS/c1-16-9-4-5-15-11(7-9)13-14-12(15)8-10-3-2-6-17-10/h4-5,7,10H,2-3,6,8H2,1H3. The van der Waals surface area contributed by atoms with Gasteiger partial charge in [-0.2, -0.15) is 11.8 Å². The van der Waals surface area contributed by atoms with E-state index in [0.717, 1.165) is 23.6 Å². The van der Waals surface area contributed by atoms with Gasteiger partial charge in [-0.25, -0.2) is 0 Å². The van der Waals surface area contributed by atoms with Crippen molar-refractivity contribution >= 4 is 17.4 Å². The van der Waals surface area contributed by atoms with E-state index in [1.54, 1.807) is 7.11 Å². The lowest BCUT2D eigenvalue weighted by atomic mass is 10.2. The highest BCUT2D eigenvalue weighted by Gasteiger charge is 2.18. The number of nitrogens with zero attached hydrogens (tertiary/aromatic N) is 3. The van der Waals surface area contributed by atoms with Crippen LogP contribution in [0.25, 0.3) is 5.65 Å². The molecule has 1 unspecified atom stereocenters. The molecule has 0 saturated carbocycles. The monoisotopic (exact) mass is 249 g/mol. The van der Waals surface area contributed by atoms with Crippen LogP contribution in [0.5, 0.6) is 5.75 Å². The van der Waals surface area contributed by atoms with Crippen LogP contribution in [0, 0.1) is 0 Å². The molecular weight excluding hydrogens is 234 g/mol. The minimum absolute atomic E-state index is 0.713. The molecule has 0 aliphatic carbocycles. The van der Waals surface area contributed by atoms with E-state index < -0.39 is 0 Å². The molecule has 2 aromatic heterocycles.